The number of halogens is 1. The second kappa shape index (κ2) is 5.47. The summed E-state index contributed by atoms with van der Waals surface area (Å²) < 4.78 is 5.20. The van der Waals surface area contributed by atoms with Crippen LogP contribution in [0.15, 0.2) is 18.2 Å². The summed E-state index contributed by atoms with van der Waals surface area (Å²) in [5.74, 6) is -0.936. The van der Waals surface area contributed by atoms with E-state index in [9.17, 15) is 9.90 Å². The predicted octanol–water partition coefficient (Wildman–Crippen LogP) is 2.26. The highest BCUT2D eigenvalue weighted by molar-refractivity contribution is 6.30. The number of nitrogens with zero attached hydrogens (tertiary/aromatic N) is 1. The molecule has 0 bridgehead atoms. The van der Waals surface area contributed by atoms with E-state index in [0.29, 0.717) is 42.3 Å². The van der Waals surface area contributed by atoms with Gasteiger partial charge in [0.2, 0.25) is 0 Å². The molecular formula is C13H13ClN2O3. The molecule has 1 aromatic rings. The van der Waals surface area contributed by atoms with E-state index in [1.165, 1.54) is 6.07 Å². The molecule has 1 fully saturated rings. The molecule has 0 radical (unpaired) electrons. The number of nitriles is 1. The van der Waals surface area contributed by atoms with Crippen molar-refractivity contribution in [1.29, 1.82) is 5.26 Å². The highest BCUT2D eigenvalue weighted by Crippen LogP contribution is 2.29. The summed E-state index contributed by atoms with van der Waals surface area (Å²) in [4.78, 5) is 11.5. The lowest BCUT2D eigenvalue weighted by molar-refractivity contribution is -0.145. The molecular weight excluding hydrogens is 268 g/mol. The van der Waals surface area contributed by atoms with Crippen LogP contribution < -0.4 is 5.32 Å². The van der Waals surface area contributed by atoms with Crippen molar-refractivity contribution in [3.05, 3.63) is 28.8 Å². The van der Waals surface area contributed by atoms with Gasteiger partial charge in [-0.05, 0) is 18.2 Å². The number of nitrogens with one attached hydrogen (secondary N) is 1. The summed E-state index contributed by atoms with van der Waals surface area (Å²) in [7, 11) is 0. The van der Waals surface area contributed by atoms with E-state index in [-0.39, 0.29) is 0 Å². The van der Waals surface area contributed by atoms with Crippen molar-refractivity contribution < 1.29 is 14.6 Å². The minimum atomic E-state index is -1.09. The Morgan fingerprint density at radius 1 is 1.47 bits per heavy atom. The Hall–Kier alpha value is -1.77. The van der Waals surface area contributed by atoms with Gasteiger partial charge in [0.05, 0.1) is 11.3 Å². The van der Waals surface area contributed by atoms with Gasteiger partial charge >= 0.3 is 5.97 Å². The summed E-state index contributed by atoms with van der Waals surface area (Å²) in [5.41, 5.74) is -0.270. The van der Waals surface area contributed by atoms with Gasteiger partial charge in [0, 0.05) is 31.1 Å². The van der Waals surface area contributed by atoms with E-state index in [1.54, 1.807) is 12.1 Å². The van der Waals surface area contributed by atoms with Crippen molar-refractivity contribution in [2.45, 2.75) is 18.4 Å². The molecule has 2 rings (SSSR count). The molecule has 100 valence electrons. The number of rotatable bonds is 3. The molecule has 2 N–H and O–H groups in total. The SMILES string of the molecule is N#Cc1cc(Cl)ccc1NC1(C(=O)O)CCOCC1. The Bertz CT molecular complexity index is 533. The van der Waals surface area contributed by atoms with Gasteiger partial charge in [-0.25, -0.2) is 4.79 Å². The predicted molar refractivity (Wildman–Crippen MR) is 70.2 cm³/mol. The fourth-order valence-electron chi connectivity index (χ4n) is 2.09. The Morgan fingerprint density at radius 2 is 2.16 bits per heavy atom. The highest BCUT2D eigenvalue weighted by atomic mass is 35.5. The number of benzene rings is 1. The maximum absolute atomic E-state index is 11.5. The van der Waals surface area contributed by atoms with Gasteiger partial charge in [0.25, 0.3) is 0 Å². The molecule has 0 atom stereocenters. The van der Waals surface area contributed by atoms with Crippen LogP contribution in [0.4, 0.5) is 5.69 Å². The Kier molecular flexibility index (Phi) is 3.93. The van der Waals surface area contributed by atoms with Crippen molar-refractivity contribution in [2.24, 2.45) is 0 Å². The van der Waals surface area contributed by atoms with Crippen LogP contribution in [0.25, 0.3) is 0 Å². The van der Waals surface area contributed by atoms with E-state index < -0.39 is 11.5 Å². The summed E-state index contributed by atoms with van der Waals surface area (Å²) >= 11 is 5.82. The van der Waals surface area contributed by atoms with Crippen LogP contribution in [-0.2, 0) is 9.53 Å². The molecule has 0 spiro atoms. The normalized spacial score (nSPS) is 17.5. The number of ether oxygens (including phenoxy) is 1. The minimum absolute atomic E-state index is 0.333. The molecule has 0 saturated carbocycles. The molecule has 6 heteroatoms. The lowest BCUT2D eigenvalue weighted by Crippen LogP contribution is -2.50. The smallest absolute Gasteiger partial charge is 0.329 e. The van der Waals surface area contributed by atoms with Gasteiger partial charge in [-0.1, -0.05) is 11.6 Å². The molecule has 1 aromatic carbocycles. The molecule has 5 nitrogen and oxygen atoms in total. The zero-order chi connectivity index (χ0) is 13.9. The van der Waals surface area contributed by atoms with Crippen molar-refractivity contribution >= 4 is 23.3 Å². The van der Waals surface area contributed by atoms with Crippen molar-refractivity contribution in [3.8, 4) is 6.07 Å². The fraction of sp³-hybridized carbons (Fsp3) is 0.385. The Morgan fingerprint density at radius 3 is 2.74 bits per heavy atom. The van der Waals surface area contributed by atoms with E-state index in [2.05, 4.69) is 5.32 Å². The summed E-state index contributed by atoms with van der Waals surface area (Å²) in [6, 6.07) is 6.77. The summed E-state index contributed by atoms with van der Waals surface area (Å²) in [6.45, 7) is 0.767. The molecule has 1 aliphatic heterocycles. The van der Waals surface area contributed by atoms with Crippen LogP contribution in [0.5, 0.6) is 0 Å². The molecule has 0 aromatic heterocycles. The topological polar surface area (TPSA) is 82.4 Å². The minimum Gasteiger partial charge on any atom is -0.480 e. The number of hydrogen-bond donors (Lipinski definition) is 2. The fourth-order valence-corrected chi connectivity index (χ4v) is 2.26. The molecule has 1 saturated heterocycles. The third-order valence-electron chi connectivity index (χ3n) is 3.23. The molecule has 1 aliphatic rings. The highest BCUT2D eigenvalue weighted by Gasteiger charge is 2.40. The second-order valence-corrected chi connectivity index (χ2v) is 4.86. The van der Waals surface area contributed by atoms with Crippen LogP contribution in [0.1, 0.15) is 18.4 Å². The van der Waals surface area contributed by atoms with Crippen molar-refractivity contribution in [1.82, 2.24) is 0 Å². The lowest BCUT2D eigenvalue weighted by atomic mass is 9.89. The molecule has 0 aliphatic carbocycles. The average molecular weight is 281 g/mol. The van der Waals surface area contributed by atoms with Gasteiger partial charge in [-0.15, -0.1) is 0 Å². The lowest BCUT2D eigenvalue weighted by Gasteiger charge is -2.35. The summed E-state index contributed by atoms with van der Waals surface area (Å²) in [5, 5.41) is 21.9. The van der Waals surface area contributed by atoms with E-state index >= 15 is 0 Å². The summed E-state index contributed by atoms with van der Waals surface area (Å²) in [6.07, 6.45) is 0.714. The third kappa shape index (κ3) is 2.80. The average Bonchev–Trinajstić information content (AvgIpc) is 2.41. The Balaban J connectivity index is 2.32. The number of carboxylic acid groups (broad SMARTS) is 1. The van der Waals surface area contributed by atoms with Gasteiger partial charge in [-0.3, -0.25) is 0 Å². The Labute approximate surface area is 115 Å². The largest absolute Gasteiger partial charge is 0.480 e. The standard InChI is InChI=1S/C13H13ClN2O3/c14-10-1-2-11(9(7-10)8-15)16-13(12(17)18)3-5-19-6-4-13/h1-2,7,16H,3-6H2,(H,17,18). The first kappa shape index (κ1) is 13.7. The van der Waals surface area contributed by atoms with E-state index in [1.807, 2.05) is 6.07 Å². The molecule has 0 amide bonds. The zero-order valence-electron chi connectivity index (χ0n) is 10.1. The first-order chi connectivity index (χ1) is 9.07. The maximum atomic E-state index is 11.5. The number of aliphatic carboxylic acids is 1. The number of carboxylic acids is 1. The van der Waals surface area contributed by atoms with Crippen LogP contribution >= 0.6 is 11.6 Å². The van der Waals surface area contributed by atoms with Crippen LogP contribution in [0.2, 0.25) is 5.02 Å². The van der Waals surface area contributed by atoms with E-state index in [0.717, 1.165) is 0 Å². The van der Waals surface area contributed by atoms with Crippen molar-refractivity contribution in [3.63, 3.8) is 0 Å². The van der Waals surface area contributed by atoms with Gasteiger partial charge in [0.15, 0.2) is 0 Å². The van der Waals surface area contributed by atoms with Crippen LogP contribution in [-0.4, -0.2) is 29.8 Å². The molecule has 19 heavy (non-hydrogen) atoms. The molecule has 0 unspecified atom stereocenters. The number of anilines is 1. The van der Waals surface area contributed by atoms with Crippen molar-refractivity contribution in [2.75, 3.05) is 18.5 Å². The first-order valence-corrected chi connectivity index (χ1v) is 6.24. The van der Waals surface area contributed by atoms with Gasteiger partial charge < -0.3 is 15.2 Å². The number of carbonyl (C=O) groups is 1. The third-order valence-corrected chi connectivity index (χ3v) is 3.47. The quantitative estimate of drug-likeness (QED) is 0.887. The van der Waals surface area contributed by atoms with Crippen LogP contribution in [0.3, 0.4) is 0 Å². The van der Waals surface area contributed by atoms with Gasteiger partial charge in [0.1, 0.15) is 11.6 Å². The van der Waals surface area contributed by atoms with Gasteiger partial charge in [-0.2, -0.15) is 5.26 Å². The maximum Gasteiger partial charge on any atom is 0.329 e. The molecule has 1 heterocycles. The first-order valence-electron chi connectivity index (χ1n) is 5.86. The zero-order valence-corrected chi connectivity index (χ0v) is 10.9. The van der Waals surface area contributed by atoms with Crippen LogP contribution in [0, 0.1) is 11.3 Å². The monoisotopic (exact) mass is 280 g/mol. The second-order valence-electron chi connectivity index (χ2n) is 4.43. The number of hydrogen-bond acceptors (Lipinski definition) is 4. The van der Waals surface area contributed by atoms with E-state index in [4.69, 9.17) is 21.6 Å².